The van der Waals surface area contributed by atoms with Gasteiger partial charge in [-0.25, -0.2) is 0 Å². The monoisotopic (exact) mass is 386 g/mol. The maximum atomic E-state index is 12.5. The zero-order valence-electron chi connectivity index (χ0n) is 16.6. The molecule has 150 valence electrons. The number of methoxy groups -OCH3 is 2. The zero-order valence-corrected chi connectivity index (χ0v) is 16.6. The summed E-state index contributed by atoms with van der Waals surface area (Å²) < 4.78 is 9.92. The van der Waals surface area contributed by atoms with Crippen molar-refractivity contribution in [3.05, 3.63) is 58.7 Å². The van der Waals surface area contributed by atoms with Crippen LogP contribution in [0.15, 0.2) is 36.4 Å². The fraction of sp³-hybridized carbons (Fsp3) is 0.364. The quantitative estimate of drug-likeness (QED) is 0.711. The first-order chi connectivity index (χ1) is 13.3. The molecule has 0 fully saturated rings. The van der Waals surface area contributed by atoms with Gasteiger partial charge in [-0.1, -0.05) is 24.3 Å². The van der Waals surface area contributed by atoms with Crippen LogP contribution < -0.4 is 0 Å². The van der Waals surface area contributed by atoms with Crippen molar-refractivity contribution < 1.29 is 29.3 Å². The van der Waals surface area contributed by atoms with Crippen molar-refractivity contribution in [3.8, 4) is 11.5 Å². The number of aromatic hydroxyl groups is 2. The molecule has 2 aromatic rings. The molecule has 0 heterocycles. The molecular weight excluding hydrogens is 360 g/mol. The first-order valence-electron chi connectivity index (χ1n) is 8.99. The fourth-order valence-electron chi connectivity index (χ4n) is 3.28. The van der Waals surface area contributed by atoms with Crippen molar-refractivity contribution in [2.45, 2.75) is 26.7 Å². The Hall–Kier alpha value is -3.02. The molecule has 2 rings (SSSR count). The van der Waals surface area contributed by atoms with E-state index >= 15 is 0 Å². The van der Waals surface area contributed by atoms with Gasteiger partial charge in [-0.2, -0.15) is 0 Å². The van der Waals surface area contributed by atoms with Crippen molar-refractivity contribution in [3.63, 3.8) is 0 Å². The van der Waals surface area contributed by atoms with Crippen LogP contribution >= 0.6 is 0 Å². The summed E-state index contributed by atoms with van der Waals surface area (Å²) in [4.78, 5) is 25.0. The summed E-state index contributed by atoms with van der Waals surface area (Å²) >= 11 is 0. The van der Waals surface area contributed by atoms with Crippen molar-refractivity contribution in [1.82, 2.24) is 0 Å². The van der Waals surface area contributed by atoms with Gasteiger partial charge in [0.25, 0.3) is 0 Å². The van der Waals surface area contributed by atoms with Gasteiger partial charge in [-0.3, -0.25) is 9.59 Å². The van der Waals surface area contributed by atoms with Crippen LogP contribution in [-0.2, 0) is 31.9 Å². The van der Waals surface area contributed by atoms with Crippen molar-refractivity contribution in [2.75, 3.05) is 14.2 Å². The van der Waals surface area contributed by atoms with E-state index in [4.69, 9.17) is 9.47 Å². The second-order valence-corrected chi connectivity index (χ2v) is 6.91. The average molecular weight is 386 g/mol. The van der Waals surface area contributed by atoms with Gasteiger partial charge in [0, 0.05) is 0 Å². The van der Waals surface area contributed by atoms with Gasteiger partial charge in [0.05, 0.1) is 26.1 Å². The summed E-state index contributed by atoms with van der Waals surface area (Å²) in [6.45, 7) is 3.53. The Morgan fingerprint density at radius 3 is 1.43 bits per heavy atom. The van der Waals surface area contributed by atoms with E-state index in [1.54, 1.807) is 50.2 Å². The lowest BCUT2D eigenvalue weighted by molar-refractivity contribution is -0.157. The number of benzene rings is 2. The van der Waals surface area contributed by atoms with Gasteiger partial charge < -0.3 is 19.7 Å². The Labute approximate surface area is 164 Å². The van der Waals surface area contributed by atoms with Crippen LogP contribution in [0.3, 0.4) is 0 Å². The van der Waals surface area contributed by atoms with Gasteiger partial charge in [0.2, 0.25) is 0 Å². The minimum atomic E-state index is -0.754. The third-order valence-corrected chi connectivity index (χ3v) is 4.93. The summed E-state index contributed by atoms with van der Waals surface area (Å²) in [7, 11) is 2.58. The van der Waals surface area contributed by atoms with Crippen molar-refractivity contribution >= 4 is 11.9 Å². The maximum Gasteiger partial charge on any atom is 0.309 e. The van der Waals surface area contributed by atoms with Crippen LogP contribution in [0, 0.1) is 25.7 Å². The molecule has 0 aliphatic rings. The highest BCUT2D eigenvalue weighted by Crippen LogP contribution is 2.28. The van der Waals surface area contributed by atoms with E-state index in [0.29, 0.717) is 11.1 Å². The van der Waals surface area contributed by atoms with Crippen LogP contribution in [0.25, 0.3) is 0 Å². The molecule has 6 heteroatoms. The Morgan fingerprint density at radius 1 is 0.786 bits per heavy atom. The van der Waals surface area contributed by atoms with Crippen LogP contribution in [-0.4, -0.2) is 36.4 Å². The number of hydrogen-bond donors (Lipinski definition) is 2. The van der Waals surface area contributed by atoms with Crippen LogP contribution in [0.4, 0.5) is 0 Å². The van der Waals surface area contributed by atoms with Crippen molar-refractivity contribution in [1.29, 1.82) is 0 Å². The fourth-order valence-corrected chi connectivity index (χ4v) is 3.28. The predicted octanol–water partition coefficient (Wildman–Crippen LogP) is 3.08. The lowest BCUT2D eigenvalue weighted by Gasteiger charge is -2.24. The molecule has 0 radical (unpaired) electrons. The molecule has 28 heavy (non-hydrogen) atoms. The number of carbonyl (C=O) groups excluding carboxylic acids is 2. The molecule has 0 aliphatic heterocycles. The largest absolute Gasteiger partial charge is 0.508 e. The van der Waals surface area contributed by atoms with Crippen LogP contribution in [0.2, 0.25) is 0 Å². The highest BCUT2D eigenvalue weighted by molar-refractivity contribution is 5.82. The van der Waals surface area contributed by atoms with E-state index < -0.39 is 23.8 Å². The highest BCUT2D eigenvalue weighted by Gasteiger charge is 2.35. The van der Waals surface area contributed by atoms with E-state index in [9.17, 15) is 19.8 Å². The van der Waals surface area contributed by atoms with Crippen molar-refractivity contribution in [2.24, 2.45) is 11.8 Å². The van der Waals surface area contributed by atoms with E-state index in [1.165, 1.54) is 14.2 Å². The summed E-state index contributed by atoms with van der Waals surface area (Å²) in [6, 6.07) is 10.1. The highest BCUT2D eigenvalue weighted by atomic mass is 16.5. The summed E-state index contributed by atoms with van der Waals surface area (Å²) in [5.41, 5.74) is 2.98. The number of rotatable bonds is 7. The van der Waals surface area contributed by atoms with E-state index in [2.05, 4.69) is 0 Å². The maximum absolute atomic E-state index is 12.5. The second-order valence-electron chi connectivity index (χ2n) is 6.91. The number of aryl methyl sites for hydroxylation is 2. The third-order valence-electron chi connectivity index (χ3n) is 4.93. The topological polar surface area (TPSA) is 93.1 Å². The average Bonchev–Trinajstić information content (AvgIpc) is 2.68. The van der Waals surface area contributed by atoms with E-state index in [1.807, 2.05) is 0 Å². The Kier molecular flexibility index (Phi) is 7.04. The molecular formula is C22H26O6. The van der Waals surface area contributed by atoms with Gasteiger partial charge in [-0.05, 0) is 61.1 Å². The molecule has 0 aliphatic carbocycles. The minimum Gasteiger partial charge on any atom is -0.508 e. The van der Waals surface area contributed by atoms with Gasteiger partial charge in [-0.15, -0.1) is 0 Å². The SMILES string of the molecule is COC(=O)[C@H](Cc1ccc(O)c(C)c1)[C@@H](Cc1ccc(O)c(C)c1)C(=O)OC. The number of ether oxygens (including phenoxy) is 2. The summed E-state index contributed by atoms with van der Waals surface area (Å²) in [5.74, 6) is -2.18. The first-order valence-corrected chi connectivity index (χ1v) is 8.99. The van der Waals surface area contributed by atoms with Crippen LogP contribution in [0.5, 0.6) is 11.5 Å². The van der Waals surface area contributed by atoms with Gasteiger partial charge in [0.15, 0.2) is 0 Å². The standard InChI is InChI=1S/C22H26O6/c1-13-9-15(5-7-19(13)23)11-17(21(25)27-3)18(22(26)28-4)12-16-6-8-20(24)14(2)10-16/h5-10,17-18,23-24H,11-12H2,1-4H3/t17-,18-/m1/s1. The third kappa shape index (κ3) is 5.03. The summed E-state index contributed by atoms with van der Waals surface area (Å²) in [6.07, 6.45) is 0.537. The molecule has 0 unspecified atom stereocenters. The lowest BCUT2D eigenvalue weighted by Crippen LogP contribution is -2.34. The first kappa shape index (κ1) is 21.3. The van der Waals surface area contributed by atoms with Crippen LogP contribution in [0.1, 0.15) is 22.3 Å². The van der Waals surface area contributed by atoms with Gasteiger partial charge in [0.1, 0.15) is 11.5 Å². The Bertz CT molecular complexity index is 787. The molecule has 0 spiro atoms. The molecule has 0 bridgehead atoms. The Morgan fingerprint density at radius 2 is 1.14 bits per heavy atom. The predicted molar refractivity (Wildman–Crippen MR) is 104 cm³/mol. The molecule has 2 aromatic carbocycles. The molecule has 0 saturated heterocycles. The second kappa shape index (κ2) is 9.26. The summed E-state index contributed by atoms with van der Waals surface area (Å²) in [5, 5.41) is 19.5. The number of phenols is 2. The van der Waals surface area contributed by atoms with E-state index in [-0.39, 0.29) is 24.3 Å². The smallest absolute Gasteiger partial charge is 0.309 e. The molecule has 0 aromatic heterocycles. The molecule has 0 saturated carbocycles. The molecule has 2 atom stereocenters. The molecule has 0 amide bonds. The van der Waals surface area contributed by atoms with E-state index in [0.717, 1.165) is 11.1 Å². The minimum absolute atomic E-state index is 0.169. The zero-order chi connectivity index (χ0) is 20.8. The Balaban J connectivity index is 2.38. The molecule has 2 N–H and O–H groups in total. The number of phenolic OH excluding ortho intramolecular Hbond substituents is 2. The lowest BCUT2D eigenvalue weighted by atomic mass is 9.82. The normalized spacial score (nSPS) is 12.9. The van der Waals surface area contributed by atoms with Gasteiger partial charge >= 0.3 is 11.9 Å². The molecule has 6 nitrogen and oxygen atoms in total. The number of esters is 2. The number of hydrogen-bond acceptors (Lipinski definition) is 6. The number of carbonyl (C=O) groups is 2.